The van der Waals surface area contributed by atoms with E-state index in [4.69, 9.17) is 9.84 Å². The van der Waals surface area contributed by atoms with E-state index in [-0.39, 0.29) is 6.54 Å². The lowest BCUT2D eigenvalue weighted by molar-refractivity contribution is 0.108. The number of nitrogens with one attached hydrogen (secondary N) is 1. The van der Waals surface area contributed by atoms with Crippen molar-refractivity contribution in [3.63, 3.8) is 0 Å². The fourth-order valence-electron chi connectivity index (χ4n) is 3.71. The number of amides is 1. The number of nitrogens with zero attached hydrogens (tertiary/aromatic N) is 5. The van der Waals surface area contributed by atoms with E-state index in [1.54, 1.807) is 24.0 Å². The van der Waals surface area contributed by atoms with Crippen molar-refractivity contribution in [3.05, 3.63) is 42.4 Å². The van der Waals surface area contributed by atoms with Crippen molar-refractivity contribution < 1.29 is 19.7 Å². The number of aromatic nitrogens is 3. The Balaban J connectivity index is 1.61. The Hall–Kier alpha value is -3.84. The van der Waals surface area contributed by atoms with Crippen molar-refractivity contribution >= 4 is 17.4 Å². The molecule has 1 saturated heterocycles. The van der Waals surface area contributed by atoms with E-state index in [2.05, 4.69) is 21.5 Å². The highest BCUT2D eigenvalue weighted by atomic mass is 16.5. The van der Waals surface area contributed by atoms with Crippen LogP contribution >= 0.6 is 0 Å². The molecule has 0 spiro atoms. The summed E-state index contributed by atoms with van der Waals surface area (Å²) in [5.41, 5.74) is 2.69. The topological polar surface area (TPSA) is 136 Å². The number of hydrogen-bond acceptors (Lipinski definition) is 7. The average molecular weight is 408 g/mol. The monoisotopic (exact) mass is 408 g/mol. The van der Waals surface area contributed by atoms with E-state index in [1.165, 1.54) is 6.20 Å². The summed E-state index contributed by atoms with van der Waals surface area (Å²) in [5.74, 6) is 1.28. The summed E-state index contributed by atoms with van der Waals surface area (Å²) < 4.78 is 6.96. The van der Waals surface area contributed by atoms with Crippen LogP contribution in [0.4, 0.5) is 10.6 Å². The molecule has 1 aliphatic rings. The lowest BCUT2D eigenvalue weighted by atomic mass is 10.0. The first-order valence-corrected chi connectivity index (χ1v) is 9.34. The van der Waals surface area contributed by atoms with Crippen molar-refractivity contribution in [3.8, 4) is 22.9 Å². The summed E-state index contributed by atoms with van der Waals surface area (Å²) >= 11 is 0. The van der Waals surface area contributed by atoms with Crippen LogP contribution in [0.2, 0.25) is 0 Å². The molecule has 30 heavy (non-hydrogen) atoms. The molecule has 10 nitrogen and oxygen atoms in total. The zero-order valence-electron chi connectivity index (χ0n) is 16.2. The van der Waals surface area contributed by atoms with E-state index in [0.29, 0.717) is 35.6 Å². The van der Waals surface area contributed by atoms with Gasteiger partial charge in [-0.25, -0.2) is 14.3 Å². The molecule has 154 valence electrons. The highest BCUT2D eigenvalue weighted by Gasteiger charge is 2.29. The minimum absolute atomic E-state index is 0.280. The maximum Gasteiger partial charge on any atom is 0.404 e. The van der Waals surface area contributed by atoms with Crippen LogP contribution in [0.25, 0.3) is 16.6 Å². The number of rotatable bonds is 4. The van der Waals surface area contributed by atoms with Crippen LogP contribution in [-0.4, -0.2) is 63.2 Å². The normalized spacial score (nSPS) is 18.8. The third-order valence-electron chi connectivity index (χ3n) is 5.22. The first-order valence-electron chi connectivity index (χ1n) is 9.34. The first kappa shape index (κ1) is 19.5. The lowest BCUT2D eigenvalue weighted by Gasteiger charge is -2.36. The van der Waals surface area contributed by atoms with Gasteiger partial charge in [0.15, 0.2) is 0 Å². The third kappa shape index (κ3) is 3.58. The van der Waals surface area contributed by atoms with Gasteiger partial charge in [0.1, 0.15) is 17.6 Å². The first-order chi connectivity index (χ1) is 14.5. The summed E-state index contributed by atoms with van der Waals surface area (Å²) in [7, 11) is 1.56. The fourth-order valence-corrected chi connectivity index (χ4v) is 3.71. The average Bonchev–Trinajstić information content (AvgIpc) is 3.17. The van der Waals surface area contributed by atoms with Crippen molar-refractivity contribution in [1.29, 1.82) is 5.26 Å². The quantitative estimate of drug-likeness (QED) is 0.591. The Kier molecular flexibility index (Phi) is 5.12. The third-order valence-corrected chi connectivity index (χ3v) is 5.22. The van der Waals surface area contributed by atoms with Crippen LogP contribution in [0.5, 0.6) is 5.75 Å². The Morgan fingerprint density at radius 3 is 2.87 bits per heavy atom. The number of methoxy groups -OCH3 is 1. The van der Waals surface area contributed by atoms with Gasteiger partial charge in [0, 0.05) is 30.4 Å². The summed E-state index contributed by atoms with van der Waals surface area (Å²) in [5, 5.41) is 35.1. The SMILES string of the molecule is COc1cc(-c2ccc(N3CC[C@H](NC(=O)O)[C@H](O)C3)nc2)c2c(C#N)cnn2c1. The molecule has 1 fully saturated rings. The van der Waals surface area contributed by atoms with Crippen LogP contribution in [-0.2, 0) is 0 Å². The van der Waals surface area contributed by atoms with Gasteiger partial charge in [-0.3, -0.25) is 0 Å². The Morgan fingerprint density at radius 1 is 1.40 bits per heavy atom. The molecule has 3 N–H and O–H groups in total. The molecule has 4 rings (SSSR count). The van der Waals surface area contributed by atoms with Gasteiger partial charge < -0.3 is 25.2 Å². The smallest absolute Gasteiger partial charge is 0.404 e. The molecule has 0 radical (unpaired) electrons. The molecule has 0 bridgehead atoms. The van der Waals surface area contributed by atoms with Gasteiger partial charge in [0.05, 0.1) is 42.7 Å². The highest BCUT2D eigenvalue weighted by molar-refractivity contribution is 5.85. The number of aliphatic hydroxyl groups is 1. The van der Waals surface area contributed by atoms with Gasteiger partial charge in [-0.15, -0.1) is 0 Å². The number of carboxylic acid groups (broad SMARTS) is 1. The summed E-state index contributed by atoms with van der Waals surface area (Å²) in [4.78, 5) is 17.3. The number of hydrogen-bond donors (Lipinski definition) is 3. The molecule has 1 aliphatic heterocycles. The van der Waals surface area contributed by atoms with Crippen molar-refractivity contribution in [2.75, 3.05) is 25.1 Å². The molecule has 3 aromatic heterocycles. The molecular weight excluding hydrogens is 388 g/mol. The van der Waals surface area contributed by atoms with Crippen LogP contribution in [0.3, 0.4) is 0 Å². The second kappa shape index (κ2) is 7.88. The number of carbonyl (C=O) groups is 1. The maximum atomic E-state index is 10.8. The van der Waals surface area contributed by atoms with Gasteiger partial charge in [-0.05, 0) is 24.6 Å². The van der Waals surface area contributed by atoms with E-state index < -0.39 is 18.2 Å². The molecule has 4 heterocycles. The van der Waals surface area contributed by atoms with Crippen LogP contribution < -0.4 is 15.0 Å². The van der Waals surface area contributed by atoms with Gasteiger partial charge in [0.25, 0.3) is 0 Å². The second-order valence-electron chi connectivity index (χ2n) is 7.02. The van der Waals surface area contributed by atoms with Crippen LogP contribution in [0.1, 0.15) is 12.0 Å². The van der Waals surface area contributed by atoms with E-state index in [9.17, 15) is 15.2 Å². The number of ether oxygens (including phenoxy) is 1. The zero-order valence-corrected chi connectivity index (χ0v) is 16.2. The summed E-state index contributed by atoms with van der Waals surface area (Å²) in [6.45, 7) is 0.848. The molecule has 2 atom stereocenters. The fraction of sp³-hybridized carbons (Fsp3) is 0.300. The molecule has 0 aromatic carbocycles. The maximum absolute atomic E-state index is 10.8. The summed E-state index contributed by atoms with van der Waals surface area (Å²) in [6.07, 6.45) is 3.44. The number of β-amino-alcohol motifs (C(OH)–C–C–N with tert-alkyl or cyclic N) is 1. The van der Waals surface area contributed by atoms with Gasteiger partial charge >= 0.3 is 6.09 Å². The molecule has 0 saturated carbocycles. The summed E-state index contributed by atoms with van der Waals surface area (Å²) in [6, 6.07) is 7.22. The number of anilines is 1. The van der Waals surface area contributed by atoms with Crippen molar-refractivity contribution in [2.45, 2.75) is 18.6 Å². The minimum Gasteiger partial charge on any atom is -0.495 e. The van der Waals surface area contributed by atoms with Crippen molar-refractivity contribution in [2.24, 2.45) is 0 Å². The minimum atomic E-state index is -1.14. The molecule has 0 unspecified atom stereocenters. The van der Waals surface area contributed by atoms with Gasteiger partial charge in [-0.2, -0.15) is 10.4 Å². The Morgan fingerprint density at radius 2 is 2.23 bits per heavy atom. The second-order valence-corrected chi connectivity index (χ2v) is 7.02. The molecular formula is C20H20N6O4. The molecule has 0 aliphatic carbocycles. The highest BCUT2D eigenvalue weighted by Crippen LogP contribution is 2.31. The Bertz CT molecular complexity index is 1120. The van der Waals surface area contributed by atoms with E-state index in [1.807, 2.05) is 23.1 Å². The lowest BCUT2D eigenvalue weighted by Crippen LogP contribution is -2.54. The van der Waals surface area contributed by atoms with Crippen LogP contribution in [0.15, 0.2) is 36.8 Å². The predicted octanol–water partition coefficient (Wildman–Crippen LogP) is 1.48. The molecule has 1 amide bonds. The number of aliphatic hydroxyl groups excluding tert-OH is 1. The van der Waals surface area contributed by atoms with Crippen molar-refractivity contribution in [1.82, 2.24) is 19.9 Å². The molecule has 10 heteroatoms. The number of fused-ring (bicyclic) bond motifs is 1. The largest absolute Gasteiger partial charge is 0.495 e. The Labute approximate surface area is 171 Å². The van der Waals surface area contributed by atoms with Gasteiger partial charge in [-0.1, -0.05) is 0 Å². The number of nitriles is 1. The van der Waals surface area contributed by atoms with Crippen LogP contribution in [0, 0.1) is 11.3 Å². The van der Waals surface area contributed by atoms with E-state index >= 15 is 0 Å². The zero-order chi connectivity index (χ0) is 21.3. The molecule has 3 aromatic rings. The van der Waals surface area contributed by atoms with Gasteiger partial charge in [0.2, 0.25) is 0 Å². The van der Waals surface area contributed by atoms with E-state index in [0.717, 1.165) is 11.1 Å². The number of pyridine rings is 2. The standard InChI is InChI=1S/C20H20N6O4/c1-30-14-6-15(19-13(7-21)9-23-26(19)10-14)12-2-3-18(22-8-12)25-5-4-16(17(27)11-25)24-20(28)29/h2-3,6,8-10,16-17,24,27H,4-5,11H2,1H3,(H,28,29)/t16-,17+/m0/s1. The number of piperidine rings is 1. The predicted molar refractivity (Wildman–Crippen MR) is 107 cm³/mol.